The van der Waals surface area contributed by atoms with E-state index in [-0.39, 0.29) is 0 Å². The van der Waals surface area contributed by atoms with Crippen LogP contribution in [0.15, 0.2) is 18.2 Å². The van der Waals surface area contributed by atoms with Crippen LogP contribution in [0.25, 0.3) is 0 Å². The lowest BCUT2D eigenvalue weighted by atomic mass is 10.2. The van der Waals surface area contributed by atoms with Crippen molar-refractivity contribution < 1.29 is 9.47 Å². The Balaban J connectivity index is 1.98. The predicted octanol–water partition coefficient (Wildman–Crippen LogP) is 3.52. The highest BCUT2D eigenvalue weighted by molar-refractivity contribution is 5.43. The van der Waals surface area contributed by atoms with Crippen LogP contribution in [0.2, 0.25) is 0 Å². The van der Waals surface area contributed by atoms with Crippen molar-refractivity contribution in [1.29, 1.82) is 0 Å². The van der Waals surface area contributed by atoms with E-state index in [1.165, 1.54) is 31.2 Å². The van der Waals surface area contributed by atoms with Crippen LogP contribution in [-0.4, -0.2) is 19.8 Å². The SMILES string of the molecule is CCCNCc1ccc(OC2CCCC2)c(OC)c1. The Labute approximate surface area is 116 Å². The third kappa shape index (κ3) is 4.13. The summed E-state index contributed by atoms with van der Waals surface area (Å²) in [5, 5.41) is 3.40. The van der Waals surface area contributed by atoms with Crippen LogP contribution in [0.5, 0.6) is 11.5 Å². The summed E-state index contributed by atoms with van der Waals surface area (Å²) in [5.74, 6) is 1.73. The summed E-state index contributed by atoms with van der Waals surface area (Å²) >= 11 is 0. The van der Waals surface area contributed by atoms with Crippen molar-refractivity contribution in [1.82, 2.24) is 5.32 Å². The van der Waals surface area contributed by atoms with Gasteiger partial charge >= 0.3 is 0 Å². The summed E-state index contributed by atoms with van der Waals surface area (Å²) < 4.78 is 11.5. The maximum absolute atomic E-state index is 6.03. The van der Waals surface area contributed by atoms with Crippen LogP contribution in [0.3, 0.4) is 0 Å². The number of ether oxygens (including phenoxy) is 2. The zero-order valence-electron chi connectivity index (χ0n) is 12.1. The first-order chi connectivity index (χ1) is 9.33. The van der Waals surface area contributed by atoms with Crippen molar-refractivity contribution in [2.75, 3.05) is 13.7 Å². The molecule has 1 saturated carbocycles. The van der Waals surface area contributed by atoms with Crippen LogP contribution in [0.1, 0.15) is 44.6 Å². The van der Waals surface area contributed by atoms with E-state index in [2.05, 4.69) is 24.4 Å². The largest absolute Gasteiger partial charge is 0.493 e. The Kier molecular flexibility index (Phi) is 5.52. The molecule has 0 amide bonds. The summed E-state index contributed by atoms with van der Waals surface area (Å²) in [7, 11) is 1.71. The molecule has 1 aromatic rings. The van der Waals surface area contributed by atoms with Gasteiger partial charge < -0.3 is 14.8 Å². The van der Waals surface area contributed by atoms with Gasteiger partial charge in [0, 0.05) is 6.54 Å². The van der Waals surface area contributed by atoms with Crippen molar-refractivity contribution in [2.24, 2.45) is 0 Å². The topological polar surface area (TPSA) is 30.5 Å². The fourth-order valence-corrected chi connectivity index (χ4v) is 2.51. The molecule has 1 aliphatic rings. The minimum atomic E-state index is 0.373. The second-order valence-electron chi connectivity index (χ2n) is 5.19. The molecule has 0 bridgehead atoms. The van der Waals surface area contributed by atoms with E-state index in [9.17, 15) is 0 Å². The van der Waals surface area contributed by atoms with Gasteiger partial charge in [0.1, 0.15) is 0 Å². The summed E-state index contributed by atoms with van der Waals surface area (Å²) in [6.07, 6.45) is 6.43. The summed E-state index contributed by atoms with van der Waals surface area (Å²) in [6, 6.07) is 6.24. The van der Waals surface area contributed by atoms with Gasteiger partial charge in [0.15, 0.2) is 11.5 Å². The Morgan fingerprint density at radius 3 is 2.68 bits per heavy atom. The van der Waals surface area contributed by atoms with Gasteiger partial charge in [0.2, 0.25) is 0 Å². The van der Waals surface area contributed by atoms with E-state index in [1.807, 2.05) is 6.07 Å². The summed E-state index contributed by atoms with van der Waals surface area (Å²) in [5.41, 5.74) is 1.24. The molecule has 0 heterocycles. The second kappa shape index (κ2) is 7.39. The number of methoxy groups -OCH3 is 1. The van der Waals surface area contributed by atoms with E-state index in [1.54, 1.807) is 7.11 Å². The Bertz CT molecular complexity index is 386. The lowest BCUT2D eigenvalue weighted by Crippen LogP contribution is -2.14. The predicted molar refractivity (Wildman–Crippen MR) is 77.9 cm³/mol. The molecule has 0 saturated heterocycles. The van der Waals surface area contributed by atoms with Crippen LogP contribution in [-0.2, 0) is 6.54 Å². The highest BCUT2D eigenvalue weighted by Crippen LogP contribution is 2.32. The molecule has 0 atom stereocenters. The molecule has 3 heteroatoms. The van der Waals surface area contributed by atoms with Gasteiger partial charge in [-0.1, -0.05) is 13.0 Å². The zero-order valence-corrected chi connectivity index (χ0v) is 12.1. The van der Waals surface area contributed by atoms with Gasteiger partial charge in [-0.15, -0.1) is 0 Å². The van der Waals surface area contributed by atoms with E-state index >= 15 is 0 Å². The molecule has 0 spiro atoms. The second-order valence-corrected chi connectivity index (χ2v) is 5.19. The van der Waals surface area contributed by atoms with Crippen LogP contribution < -0.4 is 14.8 Å². The van der Waals surface area contributed by atoms with Crippen LogP contribution in [0.4, 0.5) is 0 Å². The zero-order chi connectivity index (χ0) is 13.5. The number of benzene rings is 1. The average Bonchev–Trinajstić information content (AvgIpc) is 2.93. The first kappa shape index (κ1) is 14.2. The summed E-state index contributed by atoms with van der Waals surface area (Å²) in [4.78, 5) is 0. The van der Waals surface area contributed by atoms with Gasteiger partial charge in [0.25, 0.3) is 0 Å². The first-order valence-electron chi connectivity index (χ1n) is 7.37. The van der Waals surface area contributed by atoms with Gasteiger partial charge in [-0.05, 0) is 56.3 Å². The fraction of sp³-hybridized carbons (Fsp3) is 0.625. The van der Waals surface area contributed by atoms with E-state index < -0.39 is 0 Å². The van der Waals surface area contributed by atoms with Crippen molar-refractivity contribution in [3.05, 3.63) is 23.8 Å². The highest BCUT2D eigenvalue weighted by atomic mass is 16.5. The third-order valence-electron chi connectivity index (χ3n) is 3.58. The minimum absolute atomic E-state index is 0.373. The molecule has 19 heavy (non-hydrogen) atoms. The average molecular weight is 263 g/mol. The molecule has 1 fully saturated rings. The molecule has 106 valence electrons. The molecule has 1 N–H and O–H groups in total. The van der Waals surface area contributed by atoms with Crippen molar-refractivity contribution >= 4 is 0 Å². The normalized spacial score (nSPS) is 15.7. The quantitative estimate of drug-likeness (QED) is 0.764. The van der Waals surface area contributed by atoms with Gasteiger partial charge in [-0.25, -0.2) is 0 Å². The molecule has 0 radical (unpaired) electrons. The molecule has 1 aliphatic carbocycles. The van der Waals surface area contributed by atoms with Crippen molar-refractivity contribution in [3.63, 3.8) is 0 Å². The number of rotatable bonds is 7. The maximum Gasteiger partial charge on any atom is 0.161 e. The maximum atomic E-state index is 6.03. The Hall–Kier alpha value is -1.22. The monoisotopic (exact) mass is 263 g/mol. The van der Waals surface area contributed by atoms with Gasteiger partial charge in [-0.3, -0.25) is 0 Å². The molecule has 2 rings (SSSR count). The Morgan fingerprint density at radius 2 is 2.00 bits per heavy atom. The molecular weight excluding hydrogens is 238 g/mol. The smallest absolute Gasteiger partial charge is 0.161 e. The number of hydrogen-bond acceptors (Lipinski definition) is 3. The van der Waals surface area contributed by atoms with Crippen molar-refractivity contribution in [2.45, 2.75) is 51.7 Å². The summed E-state index contributed by atoms with van der Waals surface area (Å²) in [6.45, 7) is 4.10. The molecule has 0 aliphatic heterocycles. The fourth-order valence-electron chi connectivity index (χ4n) is 2.51. The molecule has 0 aromatic heterocycles. The lowest BCUT2D eigenvalue weighted by Gasteiger charge is -2.16. The highest BCUT2D eigenvalue weighted by Gasteiger charge is 2.18. The minimum Gasteiger partial charge on any atom is -0.493 e. The van der Waals surface area contributed by atoms with E-state index in [0.29, 0.717) is 6.10 Å². The molecular formula is C16H25NO2. The number of nitrogens with one attached hydrogen (secondary N) is 1. The molecule has 1 aromatic carbocycles. The van der Waals surface area contributed by atoms with Crippen LogP contribution >= 0.6 is 0 Å². The Morgan fingerprint density at radius 1 is 1.21 bits per heavy atom. The van der Waals surface area contributed by atoms with Crippen molar-refractivity contribution in [3.8, 4) is 11.5 Å². The number of hydrogen-bond donors (Lipinski definition) is 1. The molecule has 3 nitrogen and oxygen atoms in total. The van der Waals surface area contributed by atoms with Gasteiger partial charge in [-0.2, -0.15) is 0 Å². The standard InChI is InChI=1S/C16H25NO2/c1-3-10-17-12-13-8-9-15(16(11-13)18-2)19-14-6-4-5-7-14/h8-9,11,14,17H,3-7,10,12H2,1-2H3. The van der Waals surface area contributed by atoms with E-state index in [0.717, 1.165) is 31.0 Å². The van der Waals surface area contributed by atoms with Gasteiger partial charge in [0.05, 0.1) is 13.2 Å². The lowest BCUT2D eigenvalue weighted by molar-refractivity contribution is 0.200. The van der Waals surface area contributed by atoms with Crippen LogP contribution in [0, 0.1) is 0 Å². The third-order valence-corrected chi connectivity index (χ3v) is 3.58. The molecule has 0 unspecified atom stereocenters. The van der Waals surface area contributed by atoms with E-state index in [4.69, 9.17) is 9.47 Å². The first-order valence-corrected chi connectivity index (χ1v) is 7.37.